The molecule has 3 rings (SSSR count). The molecule has 0 saturated heterocycles. The van der Waals surface area contributed by atoms with Crippen LogP contribution in [-0.2, 0) is 0 Å². The molecular formula is C41H64N2. The predicted molar refractivity (Wildman–Crippen MR) is 195 cm³/mol. The summed E-state index contributed by atoms with van der Waals surface area (Å²) in [5.74, 6) is 0. The first-order chi connectivity index (χ1) is 21.0. The van der Waals surface area contributed by atoms with Gasteiger partial charge in [0.15, 0.2) is 0 Å². The lowest BCUT2D eigenvalue weighted by atomic mass is 9.68. The average molecular weight is 585 g/mol. The molecule has 238 valence electrons. The van der Waals surface area contributed by atoms with Crippen molar-refractivity contribution in [1.82, 2.24) is 10.2 Å². The van der Waals surface area contributed by atoms with Gasteiger partial charge in [-0.15, -0.1) is 13.2 Å². The Morgan fingerprint density at radius 3 is 2.19 bits per heavy atom. The maximum atomic E-state index is 4.23. The fourth-order valence-electron chi connectivity index (χ4n) is 6.79. The van der Waals surface area contributed by atoms with Crippen molar-refractivity contribution in [2.24, 2.45) is 10.8 Å². The number of allylic oxidation sites excluding steroid dienone is 12. The van der Waals surface area contributed by atoms with Crippen LogP contribution in [0, 0.1) is 10.8 Å². The van der Waals surface area contributed by atoms with Crippen LogP contribution in [0.3, 0.4) is 0 Å². The summed E-state index contributed by atoms with van der Waals surface area (Å²) in [7, 11) is 0. The summed E-state index contributed by atoms with van der Waals surface area (Å²) in [6.07, 6.45) is 36.8. The van der Waals surface area contributed by atoms with Gasteiger partial charge in [-0.1, -0.05) is 129 Å². The smallest absolute Gasteiger partial charge is 0.0444 e. The Bertz CT molecular complexity index is 1070. The average Bonchev–Trinajstić information content (AvgIpc) is 3.28. The van der Waals surface area contributed by atoms with Gasteiger partial charge in [-0.2, -0.15) is 0 Å². The molecule has 2 heteroatoms. The maximum Gasteiger partial charge on any atom is 0.0444 e. The van der Waals surface area contributed by atoms with Gasteiger partial charge >= 0.3 is 0 Å². The lowest BCUT2D eigenvalue weighted by Crippen LogP contribution is -2.30. The summed E-state index contributed by atoms with van der Waals surface area (Å²) >= 11 is 0. The van der Waals surface area contributed by atoms with Gasteiger partial charge in [0.25, 0.3) is 0 Å². The lowest BCUT2D eigenvalue weighted by Gasteiger charge is -2.38. The van der Waals surface area contributed by atoms with Crippen LogP contribution >= 0.6 is 0 Å². The second-order valence-electron chi connectivity index (χ2n) is 11.4. The normalized spacial score (nSPS) is 20.0. The zero-order chi connectivity index (χ0) is 32.1. The molecule has 2 nitrogen and oxygen atoms in total. The quantitative estimate of drug-likeness (QED) is 0.117. The van der Waals surface area contributed by atoms with E-state index < -0.39 is 0 Å². The third-order valence-electron chi connectivity index (χ3n) is 8.66. The van der Waals surface area contributed by atoms with Crippen molar-refractivity contribution in [3.63, 3.8) is 0 Å². The van der Waals surface area contributed by atoms with Crippen LogP contribution in [0.25, 0.3) is 0 Å². The van der Waals surface area contributed by atoms with Gasteiger partial charge in [-0.25, -0.2) is 0 Å². The van der Waals surface area contributed by atoms with Crippen LogP contribution in [0.15, 0.2) is 121 Å². The van der Waals surface area contributed by atoms with E-state index in [4.69, 9.17) is 0 Å². The molecule has 1 fully saturated rings. The molecule has 1 N–H and O–H groups in total. The molecule has 0 aromatic heterocycles. The van der Waals surface area contributed by atoms with Crippen molar-refractivity contribution in [2.75, 3.05) is 13.1 Å². The molecule has 0 aromatic rings. The Kier molecular flexibility index (Phi) is 18.4. The van der Waals surface area contributed by atoms with E-state index in [0.717, 1.165) is 51.6 Å². The second kappa shape index (κ2) is 20.8. The minimum atomic E-state index is 0.0230. The predicted octanol–water partition coefficient (Wildman–Crippen LogP) is 12.1. The van der Waals surface area contributed by atoms with Crippen LogP contribution in [0.2, 0.25) is 0 Å². The minimum Gasteiger partial charge on any atom is -0.385 e. The van der Waals surface area contributed by atoms with Crippen molar-refractivity contribution >= 4 is 0 Å². The molecule has 3 aliphatic rings. The number of nitrogens with one attached hydrogen (secondary N) is 1. The van der Waals surface area contributed by atoms with Gasteiger partial charge < -0.3 is 10.2 Å². The van der Waals surface area contributed by atoms with Gasteiger partial charge in [0.05, 0.1) is 0 Å². The van der Waals surface area contributed by atoms with Crippen molar-refractivity contribution in [2.45, 2.75) is 112 Å². The molecule has 1 saturated carbocycles. The number of rotatable bonds is 15. The van der Waals surface area contributed by atoms with Crippen molar-refractivity contribution < 1.29 is 0 Å². The van der Waals surface area contributed by atoms with E-state index in [2.05, 4.69) is 105 Å². The van der Waals surface area contributed by atoms with Crippen molar-refractivity contribution in [1.29, 1.82) is 0 Å². The van der Waals surface area contributed by atoms with Crippen LogP contribution in [0.1, 0.15) is 112 Å². The summed E-state index contributed by atoms with van der Waals surface area (Å²) < 4.78 is 0. The Morgan fingerprint density at radius 2 is 1.58 bits per heavy atom. The fourth-order valence-corrected chi connectivity index (χ4v) is 6.79. The van der Waals surface area contributed by atoms with Gasteiger partial charge in [0.1, 0.15) is 0 Å². The highest BCUT2D eigenvalue weighted by Gasteiger charge is 2.46. The largest absolute Gasteiger partial charge is 0.385 e. The van der Waals surface area contributed by atoms with Gasteiger partial charge in [-0.05, 0) is 74.7 Å². The molecular weight excluding hydrogens is 520 g/mol. The van der Waals surface area contributed by atoms with E-state index >= 15 is 0 Å². The molecule has 0 aromatic carbocycles. The molecule has 0 amide bonds. The Balaban J connectivity index is 0.00000221. The Labute approximate surface area is 267 Å². The molecule has 1 spiro atoms. The molecule has 43 heavy (non-hydrogen) atoms. The zero-order valence-corrected chi connectivity index (χ0v) is 28.8. The minimum absolute atomic E-state index is 0.0230. The van der Waals surface area contributed by atoms with E-state index in [0.29, 0.717) is 0 Å². The number of hydrogen-bond donors (Lipinski definition) is 1. The summed E-state index contributed by atoms with van der Waals surface area (Å²) in [5, 5.41) is 3.66. The second-order valence-corrected chi connectivity index (χ2v) is 11.4. The maximum absolute atomic E-state index is 4.23. The van der Waals surface area contributed by atoms with E-state index in [1.165, 1.54) is 60.3 Å². The molecule has 2 aliphatic carbocycles. The SMILES string of the molecule is C=CCCNC1=CCCC=C1C(C)(CC=C)C/C=C/C=C/C=C1/N(CCC)C(C=C)=C(C=C)C12CCCCC2.CC.CC. The summed E-state index contributed by atoms with van der Waals surface area (Å²) in [4.78, 5) is 2.51. The highest BCUT2D eigenvalue weighted by Crippen LogP contribution is 2.56. The fraction of sp³-hybridized carbons (Fsp3) is 0.512. The third kappa shape index (κ3) is 9.75. The first-order valence-electron chi connectivity index (χ1n) is 17.2. The van der Waals surface area contributed by atoms with Crippen LogP contribution < -0.4 is 5.32 Å². The lowest BCUT2D eigenvalue weighted by molar-refractivity contribution is 0.263. The standard InChI is InChI=1S/C37H52N2.2C2H6/c1-7-12-29-38-33-23-18-17-22-32(33)36(6,25-8-2)26-19-14-13-16-24-35-37(27-20-15-21-28-37)31(10-4)34(11-5)39(35)30-9-3;2*1-2/h7-8,10-11,13-14,16,19,22-24,38H,1-2,4-5,9,12,15,17-18,20-21,25-30H2,3,6H3;2*1-2H3/b16-13+,19-14+,35-24+;;. The molecule has 1 atom stereocenters. The summed E-state index contributed by atoms with van der Waals surface area (Å²) in [5.41, 5.74) is 6.90. The molecule has 1 aliphatic heterocycles. The zero-order valence-electron chi connectivity index (χ0n) is 28.8. The van der Waals surface area contributed by atoms with Gasteiger partial charge in [0.2, 0.25) is 0 Å². The molecule has 1 unspecified atom stereocenters. The van der Waals surface area contributed by atoms with Crippen LogP contribution in [-0.4, -0.2) is 18.0 Å². The van der Waals surface area contributed by atoms with E-state index in [1.54, 1.807) is 0 Å². The van der Waals surface area contributed by atoms with Crippen LogP contribution in [0.5, 0.6) is 0 Å². The van der Waals surface area contributed by atoms with Crippen molar-refractivity contribution in [3.05, 3.63) is 121 Å². The summed E-state index contributed by atoms with van der Waals surface area (Å²) in [6.45, 7) is 30.9. The van der Waals surface area contributed by atoms with E-state index in [-0.39, 0.29) is 10.8 Å². The van der Waals surface area contributed by atoms with E-state index in [1.807, 2.05) is 39.8 Å². The first-order valence-corrected chi connectivity index (χ1v) is 17.2. The number of hydrogen-bond acceptors (Lipinski definition) is 2. The highest BCUT2D eigenvalue weighted by atomic mass is 15.2. The first kappa shape index (κ1) is 38.0. The summed E-state index contributed by atoms with van der Waals surface area (Å²) in [6, 6.07) is 0. The Morgan fingerprint density at radius 1 is 0.884 bits per heavy atom. The van der Waals surface area contributed by atoms with Crippen molar-refractivity contribution in [3.8, 4) is 0 Å². The third-order valence-corrected chi connectivity index (χ3v) is 8.66. The number of nitrogens with zero attached hydrogens (tertiary/aromatic N) is 1. The van der Waals surface area contributed by atoms with Crippen LogP contribution in [0.4, 0.5) is 0 Å². The topological polar surface area (TPSA) is 15.3 Å². The van der Waals surface area contributed by atoms with Gasteiger partial charge in [-0.3, -0.25) is 0 Å². The molecule has 0 radical (unpaired) electrons. The highest BCUT2D eigenvalue weighted by molar-refractivity contribution is 5.51. The monoisotopic (exact) mass is 585 g/mol. The molecule has 1 heterocycles. The molecule has 0 bridgehead atoms. The van der Waals surface area contributed by atoms with E-state index in [9.17, 15) is 0 Å². The van der Waals surface area contributed by atoms with Gasteiger partial charge in [0, 0.05) is 41.0 Å². The Hall–Kier alpha value is -3.00.